The van der Waals surface area contributed by atoms with Crippen LogP contribution in [0.4, 0.5) is 0 Å². The first kappa shape index (κ1) is 26.4. The zero-order valence-electron chi connectivity index (χ0n) is 18.7. The van der Waals surface area contributed by atoms with Gasteiger partial charge in [0, 0.05) is 32.9 Å². The third-order valence-electron chi connectivity index (χ3n) is 5.85. The average Bonchev–Trinajstić information content (AvgIpc) is 3.29. The van der Waals surface area contributed by atoms with E-state index in [1.807, 2.05) is 37.3 Å². The van der Waals surface area contributed by atoms with Gasteiger partial charge in [0.2, 0.25) is 11.8 Å². The molecule has 178 valence electrons. The topological polar surface area (TPSA) is 49.4 Å². The first-order chi connectivity index (χ1) is 15.9. The Morgan fingerprint density at radius 2 is 1.85 bits per heavy atom. The van der Waals surface area contributed by atoms with Crippen molar-refractivity contribution in [3.8, 4) is 0 Å². The van der Waals surface area contributed by atoms with Crippen molar-refractivity contribution in [2.45, 2.75) is 63.4 Å². The van der Waals surface area contributed by atoms with Crippen LogP contribution in [0.25, 0.3) is 0 Å². The lowest BCUT2D eigenvalue weighted by molar-refractivity contribution is -0.139. The smallest absolute Gasteiger partial charge is 0.243 e. The number of nitrogens with one attached hydrogen (secondary N) is 1. The average molecular weight is 572 g/mol. The molecular formula is C25H29BrCl2N2O2S. The highest BCUT2D eigenvalue weighted by Crippen LogP contribution is 2.25. The Kier molecular flexibility index (Phi) is 10.4. The number of thioether (sulfide) groups is 1. The first-order valence-electron chi connectivity index (χ1n) is 11.2. The van der Waals surface area contributed by atoms with Crippen LogP contribution in [0.2, 0.25) is 10.0 Å². The van der Waals surface area contributed by atoms with Crippen molar-refractivity contribution in [2.24, 2.45) is 0 Å². The Morgan fingerprint density at radius 3 is 2.48 bits per heavy atom. The molecule has 1 aliphatic carbocycles. The fourth-order valence-corrected chi connectivity index (χ4v) is 5.64. The summed E-state index contributed by atoms with van der Waals surface area (Å²) in [5, 5.41) is 4.20. The molecule has 0 bridgehead atoms. The van der Waals surface area contributed by atoms with Crippen LogP contribution in [0, 0.1) is 0 Å². The molecule has 1 saturated carbocycles. The lowest BCUT2D eigenvalue weighted by Gasteiger charge is -2.31. The first-order valence-corrected chi connectivity index (χ1v) is 13.9. The molecule has 2 aromatic rings. The maximum absolute atomic E-state index is 13.4. The molecule has 0 radical (unpaired) electrons. The van der Waals surface area contributed by atoms with Crippen LogP contribution in [0.5, 0.6) is 0 Å². The number of amides is 2. The standard InChI is InChI=1S/C25H29BrCl2N2O2S/c1-2-23(25(32)29-21-5-3-4-6-21)30(14-18-9-12-20(27)13-22(18)28)24(31)16-33-15-17-7-10-19(26)11-8-17/h7-13,21,23H,2-6,14-16H2,1H3,(H,29,32)/t23-/m0/s1. The molecule has 3 rings (SSSR count). The van der Waals surface area contributed by atoms with Gasteiger partial charge in [0.05, 0.1) is 5.75 Å². The normalized spacial score (nSPS) is 14.8. The minimum absolute atomic E-state index is 0.0726. The van der Waals surface area contributed by atoms with Gasteiger partial charge in [-0.2, -0.15) is 0 Å². The Bertz CT molecular complexity index is 952. The van der Waals surface area contributed by atoms with E-state index in [1.165, 1.54) is 0 Å². The SMILES string of the molecule is CC[C@@H](C(=O)NC1CCCC1)N(Cc1ccc(Cl)cc1Cl)C(=O)CSCc1ccc(Br)cc1. The van der Waals surface area contributed by atoms with Crippen LogP contribution in [0.3, 0.4) is 0 Å². The van der Waals surface area contributed by atoms with Crippen molar-refractivity contribution in [3.05, 3.63) is 68.1 Å². The second-order valence-electron chi connectivity index (χ2n) is 8.29. The van der Waals surface area contributed by atoms with E-state index < -0.39 is 6.04 Å². The van der Waals surface area contributed by atoms with Crippen molar-refractivity contribution >= 4 is 62.7 Å². The van der Waals surface area contributed by atoms with E-state index >= 15 is 0 Å². The zero-order chi connectivity index (χ0) is 23.8. The highest BCUT2D eigenvalue weighted by molar-refractivity contribution is 9.10. The van der Waals surface area contributed by atoms with E-state index in [1.54, 1.807) is 28.8 Å². The molecule has 1 atom stereocenters. The molecule has 2 aromatic carbocycles. The van der Waals surface area contributed by atoms with Crippen LogP contribution < -0.4 is 5.32 Å². The summed E-state index contributed by atoms with van der Waals surface area (Å²) < 4.78 is 1.03. The van der Waals surface area contributed by atoms with Gasteiger partial charge in [-0.05, 0) is 54.7 Å². The van der Waals surface area contributed by atoms with E-state index in [0.29, 0.717) is 16.5 Å². The highest BCUT2D eigenvalue weighted by Gasteiger charge is 2.30. The number of halogens is 3. The Hall–Kier alpha value is -1.21. The van der Waals surface area contributed by atoms with Gasteiger partial charge in [0.25, 0.3) is 0 Å². The molecule has 1 aliphatic rings. The summed E-state index contributed by atoms with van der Waals surface area (Å²) >= 11 is 17.4. The predicted molar refractivity (Wildman–Crippen MR) is 142 cm³/mol. The molecule has 1 fully saturated rings. The van der Waals surface area contributed by atoms with Crippen LogP contribution in [0.1, 0.15) is 50.2 Å². The number of nitrogens with zero attached hydrogens (tertiary/aromatic N) is 1. The molecule has 0 aliphatic heterocycles. The van der Waals surface area contributed by atoms with Crippen LogP contribution in [0.15, 0.2) is 46.9 Å². The maximum Gasteiger partial charge on any atom is 0.243 e. The molecular weight excluding hydrogens is 543 g/mol. The summed E-state index contributed by atoms with van der Waals surface area (Å²) in [7, 11) is 0. The van der Waals surface area contributed by atoms with Gasteiger partial charge in [-0.1, -0.05) is 77.1 Å². The fraction of sp³-hybridized carbons (Fsp3) is 0.440. The number of benzene rings is 2. The van der Waals surface area contributed by atoms with Gasteiger partial charge in [-0.25, -0.2) is 0 Å². The van der Waals surface area contributed by atoms with Gasteiger partial charge in [-0.15, -0.1) is 11.8 Å². The number of hydrogen-bond acceptors (Lipinski definition) is 3. The minimum Gasteiger partial charge on any atom is -0.352 e. The Morgan fingerprint density at radius 1 is 1.15 bits per heavy atom. The monoisotopic (exact) mass is 570 g/mol. The predicted octanol–water partition coefficient (Wildman–Crippen LogP) is 6.86. The van der Waals surface area contributed by atoms with E-state index in [-0.39, 0.29) is 30.2 Å². The molecule has 0 aromatic heterocycles. The highest BCUT2D eigenvalue weighted by atomic mass is 79.9. The van der Waals surface area contributed by atoms with E-state index in [0.717, 1.165) is 47.0 Å². The number of carbonyl (C=O) groups is 2. The number of hydrogen-bond donors (Lipinski definition) is 1. The van der Waals surface area contributed by atoms with E-state index in [4.69, 9.17) is 23.2 Å². The maximum atomic E-state index is 13.4. The van der Waals surface area contributed by atoms with Crippen LogP contribution >= 0.6 is 50.9 Å². The summed E-state index contributed by atoms with van der Waals surface area (Å²) in [5.74, 6) is 0.853. The molecule has 0 unspecified atom stereocenters. The van der Waals surface area contributed by atoms with Crippen molar-refractivity contribution in [2.75, 3.05) is 5.75 Å². The molecule has 0 spiro atoms. The van der Waals surface area contributed by atoms with Gasteiger partial charge >= 0.3 is 0 Å². The Balaban J connectivity index is 1.72. The number of rotatable bonds is 10. The fourth-order valence-electron chi connectivity index (χ4n) is 4.04. The second kappa shape index (κ2) is 13.0. The third-order valence-corrected chi connectivity index (χ3v) is 7.95. The second-order valence-corrected chi connectivity index (χ2v) is 11.0. The van der Waals surface area contributed by atoms with Crippen LogP contribution in [-0.2, 0) is 21.9 Å². The number of carbonyl (C=O) groups excluding carboxylic acids is 2. The van der Waals surface area contributed by atoms with Crippen molar-refractivity contribution in [1.82, 2.24) is 10.2 Å². The van der Waals surface area contributed by atoms with Gasteiger partial charge in [0.15, 0.2) is 0 Å². The quantitative estimate of drug-likeness (QED) is 0.339. The van der Waals surface area contributed by atoms with Crippen molar-refractivity contribution in [1.29, 1.82) is 0 Å². The van der Waals surface area contributed by atoms with Crippen molar-refractivity contribution < 1.29 is 9.59 Å². The molecule has 0 saturated heterocycles. The van der Waals surface area contributed by atoms with Crippen molar-refractivity contribution in [3.63, 3.8) is 0 Å². The molecule has 4 nitrogen and oxygen atoms in total. The largest absolute Gasteiger partial charge is 0.352 e. The lowest BCUT2D eigenvalue weighted by Crippen LogP contribution is -2.51. The van der Waals surface area contributed by atoms with Crippen LogP contribution in [-0.4, -0.2) is 34.6 Å². The Labute approximate surface area is 218 Å². The molecule has 2 amide bonds. The zero-order valence-corrected chi connectivity index (χ0v) is 22.6. The van der Waals surface area contributed by atoms with E-state index in [9.17, 15) is 9.59 Å². The summed E-state index contributed by atoms with van der Waals surface area (Å²) in [4.78, 5) is 28.2. The summed E-state index contributed by atoms with van der Waals surface area (Å²) in [6.45, 7) is 2.21. The van der Waals surface area contributed by atoms with Gasteiger partial charge in [0.1, 0.15) is 6.04 Å². The molecule has 0 heterocycles. The lowest BCUT2D eigenvalue weighted by atomic mass is 10.1. The summed E-state index contributed by atoms with van der Waals surface area (Å²) in [6.07, 6.45) is 4.81. The summed E-state index contributed by atoms with van der Waals surface area (Å²) in [6, 6.07) is 13.0. The molecule has 1 N–H and O–H groups in total. The van der Waals surface area contributed by atoms with Gasteiger partial charge < -0.3 is 10.2 Å². The molecule has 8 heteroatoms. The van der Waals surface area contributed by atoms with Gasteiger partial charge in [-0.3, -0.25) is 9.59 Å². The third kappa shape index (κ3) is 7.91. The van der Waals surface area contributed by atoms with E-state index in [2.05, 4.69) is 21.2 Å². The molecule has 33 heavy (non-hydrogen) atoms. The summed E-state index contributed by atoms with van der Waals surface area (Å²) in [5.41, 5.74) is 1.92. The minimum atomic E-state index is -0.543.